The third-order valence-corrected chi connectivity index (χ3v) is 4.16. The Labute approximate surface area is 133 Å². The topological polar surface area (TPSA) is 90.9 Å². The van der Waals surface area contributed by atoms with Crippen molar-refractivity contribution in [3.63, 3.8) is 0 Å². The van der Waals surface area contributed by atoms with Crippen LogP contribution >= 0.6 is 15.9 Å². The number of phenols is 2. The fraction of sp³-hybridized carbons (Fsp3) is 0.0625. The van der Waals surface area contributed by atoms with E-state index in [2.05, 4.69) is 15.9 Å². The average Bonchev–Trinajstić information content (AvgIpc) is 2.50. The van der Waals surface area contributed by atoms with E-state index in [1.165, 1.54) is 12.1 Å². The SMILES string of the molecule is Cc1ccc2oc(-c3ccc(O)c(O)c3Br)c(O)c(=O)c2c1. The summed E-state index contributed by atoms with van der Waals surface area (Å²) in [6.45, 7) is 1.83. The number of hydrogen-bond acceptors (Lipinski definition) is 5. The highest BCUT2D eigenvalue weighted by Gasteiger charge is 2.20. The van der Waals surface area contributed by atoms with Crippen LogP contribution in [0.3, 0.4) is 0 Å². The molecule has 0 fully saturated rings. The maximum absolute atomic E-state index is 12.3. The van der Waals surface area contributed by atoms with E-state index < -0.39 is 16.9 Å². The molecule has 0 unspecified atom stereocenters. The number of phenolic OH excluding ortho intramolecular Hbond substituents is 2. The standard InChI is InChI=1S/C16H11BrO5/c1-7-2-5-11-9(6-7)13(19)15(21)16(22-11)8-3-4-10(18)14(20)12(8)17/h2-6,18,20-21H,1H3. The number of halogens is 1. The minimum atomic E-state index is -0.556. The summed E-state index contributed by atoms with van der Waals surface area (Å²) in [7, 11) is 0. The van der Waals surface area contributed by atoms with Gasteiger partial charge in [-0.15, -0.1) is 0 Å². The second-order valence-corrected chi connectivity index (χ2v) is 5.70. The molecular formula is C16H11BrO5. The molecule has 0 atom stereocenters. The van der Waals surface area contributed by atoms with Gasteiger partial charge in [0, 0.05) is 5.56 Å². The molecule has 5 nitrogen and oxygen atoms in total. The summed E-state index contributed by atoms with van der Waals surface area (Å²) in [6.07, 6.45) is 0. The molecule has 1 heterocycles. The zero-order valence-corrected chi connectivity index (χ0v) is 13.0. The molecule has 0 aliphatic heterocycles. The molecule has 3 aromatic rings. The van der Waals surface area contributed by atoms with Crippen molar-refractivity contribution in [3.05, 3.63) is 50.6 Å². The van der Waals surface area contributed by atoms with Crippen LogP contribution in [0, 0.1) is 6.92 Å². The molecular weight excluding hydrogens is 352 g/mol. The second-order valence-electron chi connectivity index (χ2n) is 4.90. The minimum Gasteiger partial charge on any atom is -0.504 e. The lowest BCUT2D eigenvalue weighted by molar-refractivity contribution is 0.401. The van der Waals surface area contributed by atoms with Crippen LogP contribution in [-0.2, 0) is 0 Å². The van der Waals surface area contributed by atoms with Crippen LogP contribution < -0.4 is 5.43 Å². The molecule has 0 radical (unpaired) electrons. The Hall–Kier alpha value is -2.47. The van der Waals surface area contributed by atoms with Crippen molar-refractivity contribution in [3.8, 4) is 28.6 Å². The smallest absolute Gasteiger partial charge is 0.235 e. The Balaban J connectivity index is 2.38. The summed E-state index contributed by atoms with van der Waals surface area (Å²) < 4.78 is 5.74. The molecule has 2 aromatic carbocycles. The van der Waals surface area contributed by atoms with Crippen LogP contribution in [0.5, 0.6) is 17.2 Å². The summed E-state index contributed by atoms with van der Waals surface area (Å²) in [5.74, 6) is -1.36. The molecule has 0 spiro atoms. The average molecular weight is 363 g/mol. The quantitative estimate of drug-likeness (QED) is 0.574. The molecule has 0 saturated heterocycles. The van der Waals surface area contributed by atoms with Crippen LogP contribution in [0.25, 0.3) is 22.3 Å². The zero-order chi connectivity index (χ0) is 16.0. The van der Waals surface area contributed by atoms with Gasteiger partial charge in [0.05, 0.1) is 9.86 Å². The van der Waals surface area contributed by atoms with Crippen LogP contribution in [0.4, 0.5) is 0 Å². The van der Waals surface area contributed by atoms with E-state index in [1.807, 2.05) is 6.92 Å². The Morgan fingerprint density at radius 1 is 1.05 bits per heavy atom. The van der Waals surface area contributed by atoms with E-state index in [4.69, 9.17) is 4.42 Å². The number of fused-ring (bicyclic) bond motifs is 1. The normalized spacial score (nSPS) is 11.0. The maximum Gasteiger partial charge on any atom is 0.235 e. The van der Waals surface area contributed by atoms with Crippen molar-refractivity contribution in [1.82, 2.24) is 0 Å². The summed E-state index contributed by atoms with van der Waals surface area (Å²) in [5, 5.41) is 29.7. The molecule has 3 rings (SSSR count). The summed E-state index contributed by atoms with van der Waals surface area (Å²) in [6, 6.07) is 7.73. The number of hydrogen-bond donors (Lipinski definition) is 3. The molecule has 22 heavy (non-hydrogen) atoms. The maximum atomic E-state index is 12.3. The third kappa shape index (κ3) is 2.12. The Bertz CT molecular complexity index is 959. The predicted octanol–water partition coefficient (Wildman–Crippen LogP) is 3.65. The molecule has 6 heteroatoms. The van der Waals surface area contributed by atoms with Crippen molar-refractivity contribution in [2.24, 2.45) is 0 Å². The zero-order valence-electron chi connectivity index (χ0n) is 11.4. The van der Waals surface area contributed by atoms with Gasteiger partial charge in [-0.05, 0) is 47.1 Å². The van der Waals surface area contributed by atoms with Gasteiger partial charge >= 0.3 is 0 Å². The minimum absolute atomic E-state index is 0.0801. The highest BCUT2D eigenvalue weighted by atomic mass is 79.9. The van der Waals surface area contributed by atoms with Crippen molar-refractivity contribution in [1.29, 1.82) is 0 Å². The first-order valence-electron chi connectivity index (χ1n) is 6.37. The van der Waals surface area contributed by atoms with Crippen molar-refractivity contribution < 1.29 is 19.7 Å². The summed E-state index contributed by atoms with van der Waals surface area (Å²) in [5.41, 5.74) is 0.894. The number of aromatic hydroxyl groups is 3. The Morgan fingerprint density at radius 2 is 1.77 bits per heavy atom. The molecule has 0 aliphatic carbocycles. The molecule has 0 saturated carbocycles. The van der Waals surface area contributed by atoms with E-state index in [9.17, 15) is 20.1 Å². The van der Waals surface area contributed by atoms with Gasteiger partial charge in [0.2, 0.25) is 11.2 Å². The van der Waals surface area contributed by atoms with Gasteiger partial charge in [-0.25, -0.2) is 0 Å². The first-order valence-corrected chi connectivity index (χ1v) is 7.16. The van der Waals surface area contributed by atoms with Gasteiger partial charge < -0.3 is 19.7 Å². The fourth-order valence-corrected chi connectivity index (χ4v) is 2.73. The van der Waals surface area contributed by atoms with Gasteiger partial charge in [-0.3, -0.25) is 4.79 Å². The van der Waals surface area contributed by atoms with Crippen LogP contribution in [0.15, 0.2) is 44.0 Å². The number of rotatable bonds is 1. The highest BCUT2D eigenvalue weighted by Crippen LogP contribution is 2.43. The van der Waals surface area contributed by atoms with Crippen LogP contribution in [0.1, 0.15) is 5.56 Å². The molecule has 3 N–H and O–H groups in total. The summed E-state index contributed by atoms with van der Waals surface area (Å²) in [4.78, 5) is 12.3. The molecule has 0 amide bonds. The Kier molecular flexibility index (Phi) is 3.33. The van der Waals surface area contributed by atoms with Gasteiger partial charge in [-0.1, -0.05) is 11.6 Å². The number of benzene rings is 2. The molecule has 0 aliphatic rings. The second kappa shape index (κ2) is 5.06. The number of aryl methyl sites for hydroxylation is 1. The highest BCUT2D eigenvalue weighted by molar-refractivity contribution is 9.10. The van der Waals surface area contributed by atoms with E-state index in [-0.39, 0.29) is 26.9 Å². The van der Waals surface area contributed by atoms with E-state index in [0.717, 1.165) is 5.56 Å². The predicted molar refractivity (Wildman–Crippen MR) is 85.4 cm³/mol. The third-order valence-electron chi connectivity index (χ3n) is 3.36. The van der Waals surface area contributed by atoms with Gasteiger partial charge in [0.25, 0.3) is 0 Å². The fourth-order valence-electron chi connectivity index (χ4n) is 2.21. The van der Waals surface area contributed by atoms with Crippen molar-refractivity contribution in [2.45, 2.75) is 6.92 Å². The first kappa shape index (κ1) is 14.5. The van der Waals surface area contributed by atoms with E-state index in [1.54, 1.807) is 18.2 Å². The lowest BCUT2D eigenvalue weighted by Gasteiger charge is -2.10. The van der Waals surface area contributed by atoms with Crippen molar-refractivity contribution in [2.75, 3.05) is 0 Å². The van der Waals surface area contributed by atoms with Gasteiger partial charge in [0.1, 0.15) is 5.58 Å². The molecule has 1 aromatic heterocycles. The Morgan fingerprint density at radius 3 is 2.50 bits per heavy atom. The van der Waals surface area contributed by atoms with Gasteiger partial charge in [-0.2, -0.15) is 0 Å². The van der Waals surface area contributed by atoms with E-state index >= 15 is 0 Å². The largest absolute Gasteiger partial charge is 0.504 e. The summed E-state index contributed by atoms with van der Waals surface area (Å²) >= 11 is 3.12. The van der Waals surface area contributed by atoms with Crippen LogP contribution in [-0.4, -0.2) is 15.3 Å². The van der Waals surface area contributed by atoms with Gasteiger partial charge in [0.15, 0.2) is 17.3 Å². The van der Waals surface area contributed by atoms with Crippen molar-refractivity contribution >= 4 is 26.9 Å². The van der Waals surface area contributed by atoms with E-state index in [0.29, 0.717) is 5.58 Å². The molecule has 0 bridgehead atoms. The first-order chi connectivity index (χ1) is 10.4. The molecule has 112 valence electrons. The van der Waals surface area contributed by atoms with Crippen LogP contribution in [0.2, 0.25) is 0 Å². The lowest BCUT2D eigenvalue weighted by Crippen LogP contribution is -2.03. The monoisotopic (exact) mass is 362 g/mol. The lowest BCUT2D eigenvalue weighted by atomic mass is 10.1.